The Hall–Kier alpha value is 2.49. The molecule has 0 amide bonds. The fourth-order valence-electron chi connectivity index (χ4n) is 10.4. The van der Waals surface area contributed by atoms with E-state index in [9.17, 15) is 0 Å². The molecule has 0 aromatic rings. The first-order chi connectivity index (χ1) is 42.1. The molecule has 0 aliphatic carbocycles. The molecule has 0 aromatic carbocycles. The van der Waals surface area contributed by atoms with E-state index in [2.05, 4.69) is 111 Å². The summed E-state index contributed by atoms with van der Waals surface area (Å²) < 4.78 is 79.2. The molecule has 0 bridgehead atoms. The Morgan fingerprint density at radius 2 is 0.386 bits per heavy atom. The summed E-state index contributed by atoms with van der Waals surface area (Å²) in [5.74, 6) is 0. The highest BCUT2D eigenvalue weighted by Gasteiger charge is 2.57. The largest absolute Gasteiger partial charge is 0.516 e. The fraction of sp³-hybridized carbons (Fsp3) is 1.00. The van der Waals surface area contributed by atoms with Gasteiger partial charge in [-0.15, -0.1) is 0 Å². The smallest absolute Gasteiger partial charge is 0.373 e. The van der Waals surface area contributed by atoms with Crippen molar-refractivity contribution < 1.29 is 53.1 Å². The van der Waals surface area contributed by atoms with Crippen LogP contribution in [0.15, 0.2) is 0 Å². The Kier molecular flexibility index (Phi) is 62.6. The highest BCUT2D eigenvalue weighted by molar-refractivity contribution is 9.26. The Morgan fingerprint density at radius 1 is 0.216 bits per heavy atom. The molecular weight excluding hydrogens is 1290 g/mol. The number of unbranched alkanes of at least 4 members (excludes halogenated alkanes) is 20. The summed E-state index contributed by atoms with van der Waals surface area (Å²) >= 11 is 0. The van der Waals surface area contributed by atoms with E-state index in [-0.39, 0.29) is 56.1 Å². The Morgan fingerprint density at radius 3 is 0.580 bits per heavy atom. The van der Waals surface area contributed by atoms with Gasteiger partial charge in [-0.25, -0.2) is 0 Å². The van der Waals surface area contributed by atoms with Gasteiger partial charge in [0.1, 0.15) is 0 Å². The maximum absolute atomic E-state index is 6.90. The molecule has 4 unspecified atom stereocenters. The lowest BCUT2D eigenvalue weighted by atomic mass is 10.1. The van der Waals surface area contributed by atoms with Crippen molar-refractivity contribution in [3.05, 3.63) is 0 Å². The first-order valence-electron chi connectivity index (χ1n) is 36.0. The molecular formula is C66H144O12S6Si4. The topological polar surface area (TPSA) is 111 Å². The average molecular weight is 1430 g/mol. The number of rotatable bonds is 64. The molecule has 532 valence electrons. The Labute approximate surface area is 574 Å². The van der Waals surface area contributed by atoms with E-state index < -0.39 is 35.2 Å². The summed E-state index contributed by atoms with van der Waals surface area (Å²) in [7, 11) is -0.721. The fourth-order valence-corrected chi connectivity index (χ4v) is 41.7. The van der Waals surface area contributed by atoms with Crippen molar-refractivity contribution >= 4 is 98.0 Å². The first-order valence-corrected chi connectivity index (χ1v) is 50.4. The van der Waals surface area contributed by atoms with Crippen LogP contribution in [0, 0.1) is 0 Å². The average Bonchev–Trinajstić information content (AvgIpc) is 3.56. The zero-order chi connectivity index (χ0) is 66.5. The molecule has 0 heterocycles. The second-order valence-corrected chi connectivity index (χ2v) is 46.0. The van der Waals surface area contributed by atoms with Gasteiger partial charge < -0.3 is 53.1 Å². The van der Waals surface area contributed by atoms with Gasteiger partial charge in [-0.2, -0.15) is 0 Å². The van der Waals surface area contributed by atoms with Crippen molar-refractivity contribution in [3.63, 3.8) is 0 Å². The van der Waals surface area contributed by atoms with Crippen LogP contribution < -0.4 is 0 Å². The maximum atomic E-state index is 6.90. The maximum Gasteiger partial charge on any atom is 0.516 e. The highest BCUT2D eigenvalue weighted by atomic mass is 33.7. The summed E-state index contributed by atoms with van der Waals surface area (Å²) in [6, 6.07) is 0. The third-order valence-corrected chi connectivity index (χ3v) is 43.5. The van der Waals surface area contributed by atoms with Gasteiger partial charge in [-0.1, -0.05) is 225 Å². The number of hydrogen-bond donors (Lipinski definition) is 0. The van der Waals surface area contributed by atoms with E-state index in [1.807, 2.05) is 104 Å². The van der Waals surface area contributed by atoms with Crippen LogP contribution in [0.4, 0.5) is 0 Å². The van der Waals surface area contributed by atoms with Crippen LogP contribution in [0.2, 0.25) is 0 Å². The molecule has 0 aliphatic rings. The van der Waals surface area contributed by atoms with E-state index in [0.29, 0.717) is 39.6 Å². The molecule has 0 spiro atoms. The third kappa shape index (κ3) is 43.7. The molecule has 22 heteroatoms. The molecule has 0 saturated heterocycles. The zero-order valence-corrected chi connectivity index (χ0v) is 70.1. The van der Waals surface area contributed by atoms with E-state index >= 15 is 0 Å². The lowest BCUT2D eigenvalue weighted by Crippen LogP contribution is -2.60. The molecule has 12 nitrogen and oxygen atoms in total. The van der Waals surface area contributed by atoms with Crippen LogP contribution in [0.25, 0.3) is 0 Å². The molecule has 0 aliphatic heterocycles. The summed E-state index contributed by atoms with van der Waals surface area (Å²) in [6.07, 6.45) is 34.7. The van der Waals surface area contributed by atoms with Crippen molar-refractivity contribution in [2.24, 2.45) is 0 Å². The molecule has 0 fully saturated rings. The lowest BCUT2D eigenvalue weighted by Gasteiger charge is -2.41. The molecule has 0 radical (unpaired) electrons. The van der Waals surface area contributed by atoms with Crippen LogP contribution >= 0.6 is 62.8 Å². The van der Waals surface area contributed by atoms with Crippen molar-refractivity contribution in [2.45, 2.75) is 388 Å². The Balaban J connectivity index is 0. The van der Waals surface area contributed by atoms with E-state index in [1.54, 1.807) is 0 Å². The van der Waals surface area contributed by atoms with Gasteiger partial charge in [0.15, 0.2) is 0 Å². The molecule has 0 N–H and O–H groups in total. The Bertz CT molecular complexity index is 1320. The van der Waals surface area contributed by atoms with Crippen molar-refractivity contribution in [3.8, 4) is 0 Å². The molecule has 0 rings (SSSR count). The van der Waals surface area contributed by atoms with Crippen LogP contribution in [0.3, 0.4) is 0 Å². The van der Waals surface area contributed by atoms with Gasteiger partial charge in [-0.05, 0) is 170 Å². The predicted molar refractivity (Wildman–Crippen MR) is 403 cm³/mol. The van der Waals surface area contributed by atoms with E-state index in [4.69, 9.17) is 53.1 Å². The van der Waals surface area contributed by atoms with E-state index in [0.717, 1.165) is 51.4 Å². The summed E-state index contributed by atoms with van der Waals surface area (Å²) in [5.41, 5.74) is 0. The van der Waals surface area contributed by atoms with Crippen LogP contribution in [-0.2, 0) is 53.1 Å². The minimum atomic E-state index is -3.15. The molecule has 88 heavy (non-hydrogen) atoms. The highest BCUT2D eigenvalue weighted by Crippen LogP contribution is 2.52. The molecule has 4 atom stereocenters. The van der Waals surface area contributed by atoms with Gasteiger partial charge in [0, 0.05) is 76.3 Å². The second kappa shape index (κ2) is 59.5. The van der Waals surface area contributed by atoms with E-state index in [1.165, 1.54) is 128 Å². The zero-order valence-electron chi connectivity index (χ0n) is 61.2. The van der Waals surface area contributed by atoms with Gasteiger partial charge in [0.05, 0.1) is 19.5 Å². The summed E-state index contributed by atoms with van der Waals surface area (Å²) in [5, 5.41) is 0. The lowest BCUT2D eigenvalue weighted by molar-refractivity contribution is -0.000177. The van der Waals surface area contributed by atoms with Crippen molar-refractivity contribution in [2.75, 3.05) is 39.6 Å². The summed E-state index contributed by atoms with van der Waals surface area (Å²) in [4.78, 5) is 0.578. The number of hydrogen-bond acceptors (Lipinski definition) is 18. The van der Waals surface area contributed by atoms with Gasteiger partial charge in [0.25, 0.3) is 0 Å². The molecule has 0 saturated carbocycles. The van der Waals surface area contributed by atoms with Gasteiger partial charge in [0.2, 0.25) is 0 Å². The first kappa shape index (κ1) is 92.5. The second-order valence-electron chi connectivity index (χ2n) is 24.7. The van der Waals surface area contributed by atoms with Crippen LogP contribution in [-0.4, -0.2) is 131 Å². The van der Waals surface area contributed by atoms with Gasteiger partial charge >= 0.3 is 35.2 Å². The third-order valence-electron chi connectivity index (χ3n) is 14.0. The molecule has 0 aromatic heterocycles. The monoisotopic (exact) mass is 1430 g/mol. The van der Waals surface area contributed by atoms with Crippen LogP contribution in [0.5, 0.6) is 0 Å². The SMILES string of the molecule is CCCCCC(SSSSC(CCCCC)[Si](OCC)(OCC)OCC)[Si](OCC)(OCC)OCC.CCCCCCCCCCCC(SSC(CCCCCCCCCCC)[Si](OC(C)C)(OC(C)C)OC(C)C)[Si](OC(C)C)(OC(C)C)OC(C)C. The van der Waals surface area contributed by atoms with Crippen molar-refractivity contribution in [1.29, 1.82) is 0 Å². The minimum Gasteiger partial charge on any atom is -0.373 e. The quantitative estimate of drug-likeness (QED) is 0.0327. The predicted octanol–water partition coefficient (Wildman–Crippen LogP) is 23.2. The van der Waals surface area contributed by atoms with Crippen molar-refractivity contribution in [1.82, 2.24) is 0 Å². The normalized spacial score (nSPS) is 14.3. The minimum absolute atomic E-state index is 0.00412. The standard InChI is InChI=1S/C42H90O6S2Si2.C24H54O6S4Si2/c1-15-17-19-21-23-25-27-29-31-33-41(51(43-35(3)4,44-36(5)6)45-37(7)8)49-50-42(34-32-30-28-26-24-22-20-18-16-2)52(46-38(9)10,47-39(11)12)48-40(13)14;1-9-17-19-21-23(35(25-11-3,26-12-4)27-13-5)31-33-34-32-24(22-20-18-10-2)36(28-14-6,29-15-7)30-16-8/h35-42H,15-34H2,1-14H3;23-24H,9-22H2,1-8H3. The van der Waals surface area contributed by atoms with Crippen LogP contribution in [0.1, 0.15) is 332 Å². The van der Waals surface area contributed by atoms with Gasteiger partial charge in [-0.3, -0.25) is 0 Å². The summed E-state index contributed by atoms with van der Waals surface area (Å²) in [6.45, 7) is 50.4.